The number of amides is 1. The summed E-state index contributed by atoms with van der Waals surface area (Å²) in [6.45, 7) is 7.01. The molecule has 0 radical (unpaired) electrons. The van der Waals surface area contributed by atoms with E-state index in [1.807, 2.05) is 0 Å². The van der Waals surface area contributed by atoms with Crippen LogP contribution < -0.4 is 34.9 Å². The van der Waals surface area contributed by atoms with Gasteiger partial charge in [-0.3, -0.25) is 29.6 Å². The Hall–Kier alpha value is -1.68. The van der Waals surface area contributed by atoms with Crippen molar-refractivity contribution in [1.29, 1.82) is 0 Å². The molecule has 1 aromatic carbocycles. The van der Waals surface area contributed by atoms with Gasteiger partial charge in [0.2, 0.25) is 4.90 Å². The fourth-order valence-corrected chi connectivity index (χ4v) is 4.70. The van der Waals surface area contributed by atoms with Gasteiger partial charge in [-0.05, 0) is 40.5 Å². The molecule has 0 aliphatic carbocycles. The van der Waals surface area contributed by atoms with Crippen LogP contribution in [0.2, 0.25) is 0 Å². The maximum Gasteiger partial charge on any atom is 1.00 e. The molecule has 1 saturated heterocycles. The van der Waals surface area contributed by atoms with Crippen LogP contribution in [0.4, 0.5) is 11.4 Å². The molecule has 1 aliphatic rings. The molecule has 166 valence electrons. The minimum Gasteiger partial charge on any atom is -0.349 e. The normalized spacial score (nSPS) is 18.6. The number of carbonyl (C=O) groups is 1. The second-order valence-corrected chi connectivity index (χ2v) is 9.71. The minimum absolute atomic E-state index is 0. The second kappa shape index (κ2) is 9.05. The standard InChI is InChI=1S/C16H22N4O9S.Na/c1-15(2)7-10(8-16(3,4)20(15)26)17-14(21)9-5-11(18(22)23)13(30(27,28)29)12(6-9)19(24)25;/h5-6,10,26H,7-8H2,1-4H3,(H,17,21)(H,27,28,29);/q;+1. The van der Waals surface area contributed by atoms with Crippen molar-refractivity contribution in [2.75, 3.05) is 0 Å². The quantitative estimate of drug-likeness (QED) is 0.206. The molecule has 1 fully saturated rings. The van der Waals surface area contributed by atoms with Gasteiger partial charge in [0.15, 0.2) is 0 Å². The third-order valence-corrected chi connectivity index (χ3v) is 5.87. The van der Waals surface area contributed by atoms with E-state index in [1.165, 1.54) is 5.06 Å². The van der Waals surface area contributed by atoms with E-state index in [0.29, 0.717) is 25.0 Å². The zero-order valence-corrected chi connectivity index (χ0v) is 20.5. The first-order valence-electron chi connectivity index (χ1n) is 8.72. The number of rotatable bonds is 5. The number of piperidine rings is 1. The molecule has 15 heteroatoms. The van der Waals surface area contributed by atoms with E-state index in [0.717, 1.165) is 0 Å². The number of hydrogen-bond donors (Lipinski definition) is 3. The predicted octanol–water partition coefficient (Wildman–Crippen LogP) is -1.11. The molecule has 3 N–H and O–H groups in total. The van der Waals surface area contributed by atoms with Crippen LogP contribution >= 0.6 is 0 Å². The average molecular weight is 469 g/mol. The SMILES string of the molecule is CC1(C)CC(NC(=O)c2cc([N+](=O)[O-])c(S(=O)(=O)O)c([N+](=O)[O-])c2)CC(C)(C)N1O.[Na+]. The number of nitrogens with one attached hydrogen (secondary N) is 1. The van der Waals surface area contributed by atoms with Crippen LogP contribution in [0.5, 0.6) is 0 Å². The van der Waals surface area contributed by atoms with Crippen molar-refractivity contribution in [1.82, 2.24) is 10.4 Å². The van der Waals surface area contributed by atoms with Gasteiger partial charge in [0.1, 0.15) is 0 Å². The van der Waals surface area contributed by atoms with E-state index in [-0.39, 0.29) is 29.6 Å². The maximum atomic E-state index is 12.7. The second-order valence-electron chi connectivity index (χ2n) is 8.35. The zero-order chi connectivity index (χ0) is 23.2. The topological polar surface area (TPSA) is 193 Å². The van der Waals surface area contributed by atoms with Gasteiger partial charge in [-0.2, -0.15) is 13.5 Å². The molecule has 0 bridgehead atoms. The molecule has 0 aromatic heterocycles. The number of nitro groups is 2. The van der Waals surface area contributed by atoms with Crippen molar-refractivity contribution in [3.63, 3.8) is 0 Å². The summed E-state index contributed by atoms with van der Waals surface area (Å²) in [5.41, 5.74) is -4.52. The summed E-state index contributed by atoms with van der Waals surface area (Å²) in [5.74, 6) is -0.897. The van der Waals surface area contributed by atoms with E-state index < -0.39 is 64.8 Å². The molecule has 0 saturated carbocycles. The Morgan fingerprint density at radius 3 is 1.81 bits per heavy atom. The third-order valence-electron chi connectivity index (χ3n) is 4.94. The number of nitro benzene ring substituents is 2. The number of carbonyl (C=O) groups excluding carboxylic acids is 1. The van der Waals surface area contributed by atoms with Crippen molar-refractivity contribution < 1.29 is 62.4 Å². The molecule has 0 atom stereocenters. The van der Waals surface area contributed by atoms with E-state index in [2.05, 4.69) is 5.32 Å². The van der Waals surface area contributed by atoms with Gasteiger partial charge in [0.25, 0.3) is 17.3 Å². The molecule has 31 heavy (non-hydrogen) atoms. The van der Waals surface area contributed by atoms with E-state index in [1.54, 1.807) is 27.7 Å². The van der Waals surface area contributed by atoms with Gasteiger partial charge < -0.3 is 10.5 Å². The van der Waals surface area contributed by atoms with E-state index in [9.17, 15) is 43.2 Å². The first-order chi connectivity index (χ1) is 13.5. The summed E-state index contributed by atoms with van der Waals surface area (Å²) in [5, 5.41) is 36.6. The number of nitrogens with zero attached hydrogens (tertiary/aromatic N) is 3. The van der Waals surface area contributed by atoms with Gasteiger partial charge >= 0.3 is 39.7 Å². The van der Waals surface area contributed by atoms with Crippen molar-refractivity contribution >= 4 is 27.4 Å². The summed E-state index contributed by atoms with van der Waals surface area (Å²) in [6, 6.07) is 0.636. The molecule has 0 unspecified atom stereocenters. The summed E-state index contributed by atoms with van der Waals surface area (Å²) in [4.78, 5) is 31.2. The van der Waals surface area contributed by atoms with Crippen LogP contribution in [0.25, 0.3) is 0 Å². The Morgan fingerprint density at radius 2 is 1.48 bits per heavy atom. The average Bonchev–Trinajstić information content (AvgIpc) is 2.56. The summed E-state index contributed by atoms with van der Waals surface area (Å²) in [6.07, 6.45) is 0.623. The summed E-state index contributed by atoms with van der Waals surface area (Å²) < 4.78 is 32.2. The van der Waals surface area contributed by atoms with Gasteiger partial charge in [-0.1, -0.05) is 0 Å². The molecule has 0 spiro atoms. The largest absolute Gasteiger partial charge is 1.00 e. The van der Waals surface area contributed by atoms with Crippen molar-refractivity contribution in [3.8, 4) is 0 Å². The first kappa shape index (κ1) is 27.4. The smallest absolute Gasteiger partial charge is 0.349 e. The van der Waals surface area contributed by atoms with Crippen LogP contribution in [0, 0.1) is 20.2 Å². The third kappa shape index (κ3) is 5.77. The fourth-order valence-electron chi connectivity index (χ4n) is 3.91. The molecule has 1 aromatic rings. The van der Waals surface area contributed by atoms with Crippen molar-refractivity contribution in [2.24, 2.45) is 0 Å². The molecule has 1 heterocycles. The maximum absolute atomic E-state index is 12.7. The van der Waals surface area contributed by atoms with Crippen molar-refractivity contribution in [3.05, 3.63) is 37.9 Å². The molecule has 1 amide bonds. The number of hydroxylamine groups is 2. The molecule has 2 rings (SSSR count). The first-order valence-corrected chi connectivity index (χ1v) is 10.2. The summed E-state index contributed by atoms with van der Waals surface area (Å²) >= 11 is 0. The van der Waals surface area contributed by atoms with Gasteiger partial charge in [-0.25, -0.2) is 0 Å². The van der Waals surface area contributed by atoms with Gasteiger partial charge in [-0.15, -0.1) is 0 Å². The Bertz CT molecular complexity index is 973. The summed E-state index contributed by atoms with van der Waals surface area (Å²) in [7, 11) is -5.31. The Labute approximate surface area is 200 Å². The van der Waals surface area contributed by atoms with Crippen LogP contribution in [-0.2, 0) is 10.1 Å². The van der Waals surface area contributed by atoms with Crippen LogP contribution in [-0.4, -0.2) is 56.1 Å². The van der Waals surface area contributed by atoms with Crippen molar-refractivity contribution in [2.45, 2.75) is 62.6 Å². The molecule has 1 aliphatic heterocycles. The predicted molar refractivity (Wildman–Crippen MR) is 102 cm³/mol. The number of benzene rings is 1. The van der Waals surface area contributed by atoms with E-state index >= 15 is 0 Å². The molecular formula is C16H22N4NaO9S+. The zero-order valence-electron chi connectivity index (χ0n) is 17.6. The van der Waals surface area contributed by atoms with Crippen LogP contribution in [0.15, 0.2) is 17.0 Å². The Kier molecular flexibility index (Phi) is 7.99. The molecule has 13 nitrogen and oxygen atoms in total. The van der Waals surface area contributed by atoms with Gasteiger partial charge in [0, 0.05) is 29.3 Å². The van der Waals surface area contributed by atoms with Gasteiger partial charge in [0.05, 0.1) is 15.4 Å². The Balaban J connectivity index is 0.00000480. The molecular weight excluding hydrogens is 447 g/mol. The monoisotopic (exact) mass is 469 g/mol. The van der Waals surface area contributed by atoms with E-state index in [4.69, 9.17) is 0 Å². The Morgan fingerprint density at radius 1 is 1.10 bits per heavy atom. The van der Waals surface area contributed by atoms with Crippen LogP contribution in [0.1, 0.15) is 50.9 Å². The van der Waals surface area contributed by atoms with Crippen LogP contribution in [0.3, 0.4) is 0 Å². The minimum atomic E-state index is -5.31. The fraction of sp³-hybridized carbons (Fsp3) is 0.562. The number of hydrogen-bond acceptors (Lipinski definition) is 9.